The molecule has 0 aromatic carbocycles. The minimum atomic E-state index is -1.53. The van der Waals surface area contributed by atoms with Gasteiger partial charge in [-0.1, -0.05) is 6.58 Å². The lowest BCUT2D eigenvalue weighted by Gasteiger charge is -2.17. The van der Waals surface area contributed by atoms with E-state index in [0.717, 1.165) is 6.08 Å². The predicted octanol–water partition coefficient (Wildman–Crippen LogP) is 0.0863. The van der Waals surface area contributed by atoms with Crippen LogP contribution in [0.5, 0.6) is 0 Å². The minimum absolute atomic E-state index is 0.447. The Labute approximate surface area is 121 Å². The van der Waals surface area contributed by atoms with Crippen LogP contribution in [-0.4, -0.2) is 42.4 Å². The van der Waals surface area contributed by atoms with Gasteiger partial charge in [-0.05, 0) is 13.8 Å². The molecule has 0 bridgehead atoms. The number of hydrogen-bond acceptors (Lipinski definition) is 8. The molecule has 8 heteroatoms. The number of carbonyl (C=O) groups excluding carboxylic acids is 5. The summed E-state index contributed by atoms with van der Waals surface area (Å²) in [5, 5.41) is 0. The van der Waals surface area contributed by atoms with Crippen molar-refractivity contribution in [1.82, 2.24) is 0 Å². The molecule has 8 nitrogen and oxygen atoms in total. The van der Waals surface area contributed by atoms with Gasteiger partial charge in [0.1, 0.15) is 24.4 Å². The molecule has 0 aliphatic rings. The summed E-state index contributed by atoms with van der Waals surface area (Å²) in [5.74, 6) is -3.60. The van der Waals surface area contributed by atoms with Crippen molar-refractivity contribution in [3.8, 4) is 0 Å². The first-order valence-corrected chi connectivity index (χ1v) is 5.91. The molecule has 0 aliphatic carbocycles. The fourth-order valence-electron chi connectivity index (χ4n) is 1.08. The molecule has 0 saturated carbocycles. The summed E-state index contributed by atoms with van der Waals surface area (Å²) in [6, 6.07) is 0. The van der Waals surface area contributed by atoms with E-state index in [9.17, 15) is 24.0 Å². The third-order valence-corrected chi connectivity index (χ3v) is 1.84. The lowest BCUT2D eigenvalue weighted by molar-refractivity contribution is -0.198. The van der Waals surface area contributed by atoms with Crippen LogP contribution < -0.4 is 0 Å². The molecule has 0 aromatic heterocycles. The third kappa shape index (κ3) is 10.00. The van der Waals surface area contributed by atoms with Gasteiger partial charge in [-0.3, -0.25) is 19.2 Å². The van der Waals surface area contributed by atoms with Crippen LogP contribution in [0.25, 0.3) is 0 Å². The molecule has 0 fully saturated rings. The Morgan fingerprint density at radius 2 is 1.38 bits per heavy atom. The van der Waals surface area contributed by atoms with Gasteiger partial charge in [-0.15, -0.1) is 0 Å². The molecule has 0 saturated heterocycles. The van der Waals surface area contributed by atoms with Crippen molar-refractivity contribution >= 4 is 29.5 Å². The Morgan fingerprint density at radius 1 is 0.952 bits per heavy atom. The standard InChI is InChI=1S/C13H16O8/c1-4-10(16)19-7-13(20-11(17)5-8(2)14)21-12(18)6-9(3)15/h4,13H,1,5-7H2,2-3H3. The molecule has 0 spiro atoms. The van der Waals surface area contributed by atoms with E-state index in [1.807, 2.05) is 0 Å². The zero-order valence-corrected chi connectivity index (χ0v) is 11.7. The summed E-state index contributed by atoms with van der Waals surface area (Å²) < 4.78 is 13.9. The Bertz CT molecular complexity index is 421. The van der Waals surface area contributed by atoms with Crippen molar-refractivity contribution in [2.24, 2.45) is 0 Å². The summed E-state index contributed by atoms with van der Waals surface area (Å²) in [6.45, 7) is 4.94. The SMILES string of the molecule is C=CC(=O)OCC(OC(=O)CC(C)=O)OC(=O)CC(C)=O. The molecule has 21 heavy (non-hydrogen) atoms. The largest absolute Gasteiger partial charge is 0.455 e. The second kappa shape index (κ2) is 9.40. The van der Waals surface area contributed by atoms with E-state index in [1.54, 1.807) is 0 Å². The fourth-order valence-corrected chi connectivity index (χ4v) is 1.08. The van der Waals surface area contributed by atoms with E-state index in [4.69, 9.17) is 0 Å². The van der Waals surface area contributed by atoms with Gasteiger partial charge in [-0.25, -0.2) is 4.79 Å². The monoisotopic (exact) mass is 300 g/mol. The van der Waals surface area contributed by atoms with Crippen molar-refractivity contribution < 1.29 is 38.2 Å². The highest BCUT2D eigenvalue weighted by atomic mass is 16.7. The maximum absolute atomic E-state index is 11.3. The average Bonchev–Trinajstić information content (AvgIpc) is 2.33. The van der Waals surface area contributed by atoms with E-state index >= 15 is 0 Å². The normalized spacial score (nSPS) is 9.67. The first kappa shape index (κ1) is 18.5. The summed E-state index contributed by atoms with van der Waals surface area (Å²) in [7, 11) is 0. The quantitative estimate of drug-likeness (QED) is 0.255. The molecule has 0 atom stereocenters. The van der Waals surface area contributed by atoms with Gasteiger partial charge in [-0.2, -0.15) is 0 Å². The lowest BCUT2D eigenvalue weighted by Crippen LogP contribution is -2.31. The minimum Gasteiger partial charge on any atom is -0.455 e. The topological polar surface area (TPSA) is 113 Å². The first-order valence-electron chi connectivity index (χ1n) is 5.91. The Morgan fingerprint density at radius 3 is 1.71 bits per heavy atom. The molecule has 0 N–H and O–H groups in total. The number of rotatable bonds is 9. The van der Waals surface area contributed by atoms with Gasteiger partial charge in [0.15, 0.2) is 6.61 Å². The van der Waals surface area contributed by atoms with Crippen molar-refractivity contribution in [3.05, 3.63) is 12.7 Å². The fraction of sp³-hybridized carbons (Fsp3) is 0.462. The summed E-state index contributed by atoms with van der Waals surface area (Å²) in [4.78, 5) is 55.1. The van der Waals surface area contributed by atoms with Crippen molar-refractivity contribution in [2.45, 2.75) is 33.0 Å². The Kier molecular flexibility index (Phi) is 8.28. The molecule has 0 unspecified atom stereocenters. The lowest BCUT2D eigenvalue weighted by atomic mass is 10.3. The molecule has 0 heterocycles. The Balaban J connectivity index is 4.59. The first-order chi connectivity index (χ1) is 9.74. The van der Waals surface area contributed by atoms with E-state index in [0.29, 0.717) is 0 Å². The number of Topliss-reactive ketones (excluding diaryl/α,β-unsaturated/α-hetero) is 2. The smallest absolute Gasteiger partial charge is 0.330 e. The van der Waals surface area contributed by atoms with Crippen LogP contribution in [0.2, 0.25) is 0 Å². The van der Waals surface area contributed by atoms with Crippen LogP contribution >= 0.6 is 0 Å². The van der Waals surface area contributed by atoms with Crippen molar-refractivity contribution in [3.63, 3.8) is 0 Å². The molecule has 0 aliphatic heterocycles. The summed E-state index contributed by atoms with van der Waals surface area (Å²) in [5.41, 5.74) is 0. The van der Waals surface area contributed by atoms with Gasteiger partial charge >= 0.3 is 17.9 Å². The average molecular weight is 300 g/mol. The van der Waals surface area contributed by atoms with Gasteiger partial charge in [0.05, 0.1) is 0 Å². The van der Waals surface area contributed by atoms with Gasteiger partial charge in [0, 0.05) is 6.08 Å². The van der Waals surface area contributed by atoms with Crippen LogP contribution in [0.15, 0.2) is 12.7 Å². The maximum atomic E-state index is 11.3. The van der Waals surface area contributed by atoms with E-state index in [1.165, 1.54) is 13.8 Å². The van der Waals surface area contributed by atoms with E-state index in [2.05, 4.69) is 20.8 Å². The van der Waals surface area contributed by atoms with Crippen LogP contribution in [0.3, 0.4) is 0 Å². The second-order valence-corrected chi connectivity index (χ2v) is 4.00. The molecular formula is C13H16O8. The highest BCUT2D eigenvalue weighted by Crippen LogP contribution is 2.03. The van der Waals surface area contributed by atoms with Crippen LogP contribution in [-0.2, 0) is 38.2 Å². The maximum Gasteiger partial charge on any atom is 0.330 e. The second-order valence-electron chi connectivity index (χ2n) is 4.00. The third-order valence-electron chi connectivity index (χ3n) is 1.84. The van der Waals surface area contributed by atoms with Crippen molar-refractivity contribution in [2.75, 3.05) is 6.61 Å². The van der Waals surface area contributed by atoms with E-state index < -0.39 is 55.2 Å². The van der Waals surface area contributed by atoms with Gasteiger partial charge in [0.2, 0.25) is 0 Å². The Hall–Kier alpha value is -2.51. The van der Waals surface area contributed by atoms with Crippen LogP contribution in [0, 0.1) is 0 Å². The highest BCUT2D eigenvalue weighted by molar-refractivity contribution is 5.95. The predicted molar refractivity (Wildman–Crippen MR) is 67.7 cm³/mol. The number of hydrogen-bond donors (Lipinski definition) is 0. The highest BCUT2D eigenvalue weighted by Gasteiger charge is 2.22. The van der Waals surface area contributed by atoms with Crippen LogP contribution in [0.1, 0.15) is 26.7 Å². The summed E-state index contributed by atoms with van der Waals surface area (Å²) in [6.07, 6.45) is -1.70. The molecule has 0 rings (SSSR count). The van der Waals surface area contributed by atoms with Crippen molar-refractivity contribution in [1.29, 1.82) is 0 Å². The molecular weight excluding hydrogens is 284 g/mol. The number of esters is 3. The summed E-state index contributed by atoms with van der Waals surface area (Å²) >= 11 is 0. The zero-order valence-electron chi connectivity index (χ0n) is 11.7. The van der Waals surface area contributed by atoms with Crippen LogP contribution in [0.4, 0.5) is 0 Å². The number of ether oxygens (including phenoxy) is 3. The number of carbonyl (C=O) groups is 5. The number of ketones is 2. The molecule has 116 valence electrons. The van der Waals surface area contributed by atoms with Gasteiger partial charge < -0.3 is 14.2 Å². The molecule has 0 radical (unpaired) electrons. The molecule has 0 amide bonds. The van der Waals surface area contributed by atoms with E-state index in [-0.39, 0.29) is 0 Å². The molecule has 0 aromatic rings. The zero-order chi connectivity index (χ0) is 16.4. The van der Waals surface area contributed by atoms with Gasteiger partial charge in [0.25, 0.3) is 6.29 Å².